The van der Waals surface area contributed by atoms with Gasteiger partial charge >= 0.3 is 23.5 Å². The summed E-state index contributed by atoms with van der Waals surface area (Å²) >= 11 is 1.11. The van der Waals surface area contributed by atoms with Crippen LogP contribution < -0.4 is 16.4 Å². The van der Waals surface area contributed by atoms with Crippen LogP contribution in [0.4, 0.5) is 5.82 Å². The number of phosphoric ester groups is 3. The molecule has 1 fully saturated rings. The summed E-state index contributed by atoms with van der Waals surface area (Å²) < 4.78 is 62.4. The number of phosphoric acid groups is 3. The van der Waals surface area contributed by atoms with Crippen molar-refractivity contribution in [2.75, 3.05) is 37.8 Å². The normalized spacial score (nSPS) is 20.4. The van der Waals surface area contributed by atoms with Crippen molar-refractivity contribution in [3.63, 3.8) is 0 Å². The molecule has 28 heteroatoms. The van der Waals surface area contributed by atoms with Crippen molar-refractivity contribution in [2.24, 2.45) is 5.41 Å². The van der Waals surface area contributed by atoms with Crippen LogP contribution in [0.1, 0.15) is 84.8 Å². The third-order valence-electron chi connectivity index (χ3n) is 9.67. The smallest absolute Gasteiger partial charge is 0.386 e. The lowest BCUT2D eigenvalue weighted by atomic mass is 9.87. The summed E-state index contributed by atoms with van der Waals surface area (Å²) in [5, 5.41) is 26.6. The summed E-state index contributed by atoms with van der Waals surface area (Å²) in [7, 11) is -16.4. The molecule has 0 aliphatic carbocycles. The molecule has 3 rings (SSSR count). The molecular weight excluding hydrogens is 987 g/mol. The number of aromatic nitrogens is 4. The Bertz CT molecular complexity index is 2270. The van der Waals surface area contributed by atoms with Crippen LogP contribution in [-0.4, -0.2) is 123 Å². The molecule has 7 atom stereocenters. The molecule has 7 unspecified atom stereocenters. The number of aliphatic hydroxyl groups is 2. The number of nitrogen functional groups attached to an aromatic ring is 1. The molecule has 2 amide bonds. The second kappa shape index (κ2) is 29.6. The topological polar surface area (TPSA) is 364 Å². The van der Waals surface area contributed by atoms with Gasteiger partial charge in [-0.05, 0) is 44.9 Å². The summed E-state index contributed by atoms with van der Waals surface area (Å²) in [6.45, 7) is 2.62. The van der Waals surface area contributed by atoms with Gasteiger partial charge in [0.1, 0.15) is 36.3 Å². The lowest BCUT2D eigenvalue weighted by Gasteiger charge is -2.30. The Hall–Kier alpha value is -3.74. The number of imidazole rings is 1. The van der Waals surface area contributed by atoms with E-state index in [2.05, 4.69) is 102 Å². The number of anilines is 1. The minimum Gasteiger partial charge on any atom is -0.386 e. The molecule has 1 aliphatic heterocycles. The molecule has 2 aromatic rings. The number of hydrogen-bond donors (Lipinski definition) is 9. The van der Waals surface area contributed by atoms with Crippen molar-refractivity contribution in [3.05, 3.63) is 73.4 Å². The second-order valence-electron chi connectivity index (χ2n) is 15.9. The van der Waals surface area contributed by atoms with Crippen molar-refractivity contribution in [1.82, 2.24) is 30.2 Å². The average Bonchev–Trinajstić information content (AvgIpc) is 3.84. The van der Waals surface area contributed by atoms with Crippen LogP contribution in [0.2, 0.25) is 0 Å². The fourth-order valence-corrected chi connectivity index (χ4v) is 9.65. The third kappa shape index (κ3) is 22.5. The number of amides is 2. The number of thioether (sulfide) groups is 1. The SMILES string of the molecule is CC/C=C/C/C=C/C/C=C/C/C=C/C/C=C/CCCC(=O)SCCNC(=O)CCNC(=O)C(O)C(C)(C)COP(=O)(O)OP(=O)(O)OCC1OC(n2cnc3c(N)ncnc32)C(O)C1OP(=O)(O)O. The van der Waals surface area contributed by atoms with E-state index in [1.165, 1.54) is 13.8 Å². The first kappa shape index (κ1) is 59.6. The summed E-state index contributed by atoms with van der Waals surface area (Å²) in [5.41, 5.74) is 4.27. The highest BCUT2D eigenvalue weighted by atomic mass is 32.2. The highest BCUT2D eigenvalue weighted by Crippen LogP contribution is 2.61. The number of allylic oxidation sites excluding steroid dienone is 10. The first-order chi connectivity index (χ1) is 32.6. The predicted molar refractivity (Wildman–Crippen MR) is 255 cm³/mol. The number of ether oxygens (including phenoxy) is 1. The van der Waals surface area contributed by atoms with Crippen molar-refractivity contribution < 1.29 is 80.5 Å². The minimum atomic E-state index is -5.58. The van der Waals surface area contributed by atoms with Crippen molar-refractivity contribution in [2.45, 2.75) is 109 Å². The van der Waals surface area contributed by atoms with Crippen LogP contribution in [0.25, 0.3) is 11.2 Å². The van der Waals surface area contributed by atoms with Crippen molar-refractivity contribution in [3.8, 4) is 0 Å². The molecule has 0 aromatic carbocycles. The summed E-state index contributed by atoms with van der Waals surface area (Å²) in [6.07, 6.45) is 20.9. The lowest BCUT2D eigenvalue weighted by molar-refractivity contribution is -0.137. The largest absolute Gasteiger partial charge is 0.481 e. The number of nitrogens with zero attached hydrogens (tertiary/aromatic N) is 4. The van der Waals surface area contributed by atoms with Gasteiger partial charge in [-0.15, -0.1) is 0 Å². The van der Waals surface area contributed by atoms with Gasteiger partial charge in [-0.1, -0.05) is 93.3 Å². The number of fused-ring (bicyclic) bond motifs is 1. The Kier molecular flexibility index (Phi) is 25.5. The van der Waals surface area contributed by atoms with Crippen molar-refractivity contribution >= 4 is 69.1 Å². The average molecular weight is 1050 g/mol. The molecule has 24 nitrogen and oxygen atoms in total. The zero-order valence-electron chi connectivity index (χ0n) is 38.5. The Morgan fingerprint density at radius 1 is 0.884 bits per heavy atom. The van der Waals surface area contributed by atoms with Crippen LogP contribution in [-0.2, 0) is 50.7 Å². The van der Waals surface area contributed by atoms with Gasteiger partial charge in [0, 0.05) is 37.1 Å². The van der Waals surface area contributed by atoms with E-state index < -0.39 is 84.6 Å². The fraction of sp³-hybridized carbons (Fsp3) is 0.561. The molecule has 69 heavy (non-hydrogen) atoms. The monoisotopic (exact) mass is 1050 g/mol. The number of nitrogens with two attached hydrogens (primary N) is 1. The first-order valence-corrected chi connectivity index (χ1v) is 27.4. The van der Waals surface area contributed by atoms with E-state index in [-0.39, 0.29) is 41.6 Å². The molecule has 0 saturated carbocycles. The van der Waals surface area contributed by atoms with E-state index in [9.17, 15) is 57.9 Å². The quantitative estimate of drug-likeness (QED) is 0.0275. The highest BCUT2D eigenvalue weighted by Gasteiger charge is 2.50. The van der Waals surface area contributed by atoms with Crippen molar-refractivity contribution in [1.29, 1.82) is 0 Å². The van der Waals surface area contributed by atoms with Gasteiger partial charge in [0.05, 0.1) is 19.5 Å². The van der Waals surface area contributed by atoms with Gasteiger partial charge in [0.2, 0.25) is 11.8 Å². The Morgan fingerprint density at radius 2 is 1.49 bits per heavy atom. The van der Waals surface area contributed by atoms with Crippen LogP contribution in [0, 0.1) is 5.41 Å². The predicted octanol–water partition coefficient (Wildman–Crippen LogP) is 4.59. The molecular formula is C41H64N7O17P3S. The van der Waals surface area contributed by atoms with Gasteiger partial charge in [-0.2, -0.15) is 4.31 Å². The van der Waals surface area contributed by atoms with E-state index >= 15 is 0 Å². The van der Waals surface area contributed by atoms with Crippen LogP contribution in [0.5, 0.6) is 0 Å². The minimum absolute atomic E-state index is 0.00790. The Balaban J connectivity index is 1.31. The zero-order chi connectivity index (χ0) is 51.1. The molecule has 0 spiro atoms. The number of rotatable bonds is 32. The van der Waals surface area contributed by atoms with E-state index in [0.29, 0.717) is 18.6 Å². The summed E-state index contributed by atoms with van der Waals surface area (Å²) in [4.78, 5) is 88.3. The molecule has 0 bridgehead atoms. The molecule has 386 valence electrons. The van der Waals surface area contributed by atoms with Crippen LogP contribution in [0.3, 0.4) is 0 Å². The van der Waals surface area contributed by atoms with Gasteiger partial charge in [0.25, 0.3) is 0 Å². The standard InChI is InChI=1S/C41H64N7O17P3S/c1-4-5-6-7-8-9-10-11-12-13-14-15-16-17-18-19-20-21-32(50)69-25-24-43-31(49)22-23-44-39(53)36(52)41(2,3)27-62-68(59,60)65-67(57,58)61-26-30-35(64-66(54,55)56)34(51)40(63-30)48-29-47-33-37(42)45-28-46-38(33)48/h5-6,8-9,11-12,14-15,17-18,28-30,34-36,40,51-52H,4,7,10,13,16,19-27H2,1-3H3,(H,43,49)(H,44,53)(H,57,58)(H,59,60)(H2,42,45,46)(H2,54,55,56)/b6-5+,9-8+,12-11+,15-14+,18-17+. The zero-order valence-corrected chi connectivity index (χ0v) is 42.0. The molecule has 1 saturated heterocycles. The maximum Gasteiger partial charge on any atom is 0.481 e. The lowest BCUT2D eigenvalue weighted by Crippen LogP contribution is -2.46. The summed E-state index contributed by atoms with van der Waals surface area (Å²) in [5.74, 6) is -1.09. The van der Waals surface area contributed by atoms with Crippen LogP contribution in [0.15, 0.2) is 73.4 Å². The highest BCUT2D eigenvalue weighted by molar-refractivity contribution is 8.13. The third-order valence-corrected chi connectivity index (χ3v) is 13.7. The van der Waals surface area contributed by atoms with Gasteiger partial charge in [0.15, 0.2) is 22.8 Å². The fourth-order valence-electron chi connectivity index (χ4n) is 6.10. The van der Waals surface area contributed by atoms with Gasteiger partial charge in [-0.3, -0.25) is 32.5 Å². The van der Waals surface area contributed by atoms with E-state index in [0.717, 1.165) is 67.5 Å². The first-order valence-electron chi connectivity index (χ1n) is 21.9. The van der Waals surface area contributed by atoms with E-state index in [1.807, 2.05) is 0 Å². The summed E-state index contributed by atoms with van der Waals surface area (Å²) in [6, 6.07) is 0. The number of hydrogen-bond acceptors (Lipinski definition) is 18. The van der Waals surface area contributed by atoms with E-state index in [1.54, 1.807) is 0 Å². The molecule has 0 radical (unpaired) electrons. The number of carbonyl (C=O) groups is 3. The molecule has 2 aromatic heterocycles. The molecule has 3 heterocycles. The number of nitrogens with one attached hydrogen (secondary N) is 2. The number of carbonyl (C=O) groups excluding carboxylic acids is 3. The maximum atomic E-state index is 12.7. The Morgan fingerprint density at radius 3 is 2.12 bits per heavy atom. The molecule has 10 N–H and O–H groups in total. The Labute approximate surface area is 404 Å². The van der Waals surface area contributed by atoms with Gasteiger partial charge < -0.3 is 50.9 Å². The van der Waals surface area contributed by atoms with Gasteiger partial charge in [-0.25, -0.2) is 28.6 Å². The molecule has 1 aliphatic rings. The van der Waals surface area contributed by atoms with E-state index in [4.69, 9.17) is 19.5 Å². The van der Waals surface area contributed by atoms with Crippen LogP contribution >= 0.6 is 35.2 Å². The maximum absolute atomic E-state index is 12.7. The second-order valence-corrected chi connectivity index (χ2v) is 21.3. The number of aliphatic hydroxyl groups excluding tert-OH is 2. The number of unbranched alkanes of at least 4 members (excludes halogenated alkanes) is 1.